The summed E-state index contributed by atoms with van der Waals surface area (Å²) in [5.74, 6) is -0.334. The predicted molar refractivity (Wildman–Crippen MR) is 98.8 cm³/mol. The zero-order valence-corrected chi connectivity index (χ0v) is 14.9. The molecule has 120 valence electrons. The largest absolute Gasteiger partial charge is 0.465 e. The molecule has 2 heterocycles. The van der Waals surface area contributed by atoms with Crippen LogP contribution in [0.1, 0.15) is 26.4 Å². The molecule has 0 radical (unpaired) electrons. The van der Waals surface area contributed by atoms with Gasteiger partial charge in [-0.25, -0.2) is 4.79 Å². The van der Waals surface area contributed by atoms with Gasteiger partial charge in [0.25, 0.3) is 0 Å². The number of para-hydroxylation sites is 1. The number of carbonyl (C=O) groups excluding carboxylic acids is 1. The number of hydrogen-bond acceptors (Lipinski definition) is 4. The van der Waals surface area contributed by atoms with Crippen molar-refractivity contribution in [1.29, 1.82) is 0 Å². The van der Waals surface area contributed by atoms with Crippen LogP contribution in [0.15, 0.2) is 24.3 Å². The van der Waals surface area contributed by atoms with Gasteiger partial charge in [0.15, 0.2) is 5.11 Å². The number of benzene rings is 1. The van der Waals surface area contributed by atoms with E-state index >= 15 is 0 Å². The average Bonchev–Trinajstić information content (AvgIpc) is 3.09. The quantitative estimate of drug-likeness (QED) is 0.659. The van der Waals surface area contributed by atoms with Gasteiger partial charge in [0.05, 0.1) is 12.7 Å². The first-order chi connectivity index (χ1) is 11.0. The molecule has 0 spiro atoms. The summed E-state index contributed by atoms with van der Waals surface area (Å²) in [5.41, 5.74) is 3.94. The molecule has 0 bridgehead atoms. The van der Waals surface area contributed by atoms with Crippen molar-refractivity contribution in [3.05, 3.63) is 45.8 Å². The van der Waals surface area contributed by atoms with Gasteiger partial charge in [0, 0.05) is 17.1 Å². The molecule has 2 aromatic rings. The number of nitrogens with zero attached hydrogens (tertiary/aromatic N) is 1. The van der Waals surface area contributed by atoms with Gasteiger partial charge in [0.1, 0.15) is 5.00 Å². The number of hydrogen-bond donors (Lipinski definition) is 1. The number of rotatable bonds is 2. The van der Waals surface area contributed by atoms with Gasteiger partial charge in [0.2, 0.25) is 0 Å². The van der Waals surface area contributed by atoms with Crippen molar-refractivity contribution < 1.29 is 9.53 Å². The highest BCUT2D eigenvalue weighted by molar-refractivity contribution is 7.80. The number of anilines is 2. The second-order valence-electron chi connectivity index (χ2n) is 5.44. The maximum absolute atomic E-state index is 12.1. The molecule has 0 aliphatic carbocycles. The highest BCUT2D eigenvalue weighted by atomic mass is 32.1. The molecule has 1 aromatic carbocycles. The van der Waals surface area contributed by atoms with Crippen molar-refractivity contribution >= 4 is 45.3 Å². The molecule has 0 saturated heterocycles. The number of ether oxygens (including phenoxy) is 1. The number of carbonyl (C=O) groups is 1. The highest BCUT2D eigenvalue weighted by Crippen LogP contribution is 2.34. The highest BCUT2D eigenvalue weighted by Gasteiger charge is 2.25. The van der Waals surface area contributed by atoms with Crippen molar-refractivity contribution in [1.82, 2.24) is 0 Å². The smallest absolute Gasteiger partial charge is 0.341 e. The first kappa shape index (κ1) is 16.0. The summed E-state index contributed by atoms with van der Waals surface area (Å²) in [7, 11) is 1.40. The Morgan fingerprint density at radius 1 is 1.35 bits per heavy atom. The Bertz CT molecular complexity index is 783. The number of esters is 1. The molecule has 1 aromatic heterocycles. The van der Waals surface area contributed by atoms with Crippen LogP contribution < -0.4 is 10.2 Å². The van der Waals surface area contributed by atoms with Crippen LogP contribution >= 0.6 is 23.6 Å². The van der Waals surface area contributed by atoms with Crippen LogP contribution in [0.2, 0.25) is 0 Å². The van der Waals surface area contributed by atoms with Crippen LogP contribution in [0.3, 0.4) is 0 Å². The van der Waals surface area contributed by atoms with Gasteiger partial charge in [-0.05, 0) is 49.7 Å². The molecule has 1 aliphatic rings. The number of aryl methyl sites for hydroxylation is 1. The molecule has 1 aliphatic heterocycles. The molecule has 0 amide bonds. The lowest BCUT2D eigenvalue weighted by Crippen LogP contribution is -2.33. The summed E-state index contributed by atoms with van der Waals surface area (Å²) >= 11 is 7.10. The van der Waals surface area contributed by atoms with Gasteiger partial charge in [-0.15, -0.1) is 11.3 Å². The maximum Gasteiger partial charge on any atom is 0.341 e. The van der Waals surface area contributed by atoms with Gasteiger partial charge in [-0.3, -0.25) is 0 Å². The molecular formula is C17H18N2O2S2. The van der Waals surface area contributed by atoms with Gasteiger partial charge in [-0.1, -0.05) is 18.2 Å². The van der Waals surface area contributed by atoms with Crippen LogP contribution in [0.25, 0.3) is 0 Å². The first-order valence-corrected chi connectivity index (χ1v) is 8.60. The SMILES string of the molecule is COC(=O)c1c(NC(=S)N2CCc3ccccc32)sc(C)c1C. The van der Waals surface area contributed by atoms with E-state index < -0.39 is 0 Å². The second kappa shape index (κ2) is 6.29. The van der Waals surface area contributed by atoms with E-state index in [0.717, 1.165) is 34.1 Å². The number of fused-ring (bicyclic) bond motifs is 1. The van der Waals surface area contributed by atoms with Crippen LogP contribution in [0, 0.1) is 13.8 Å². The minimum atomic E-state index is -0.334. The first-order valence-electron chi connectivity index (χ1n) is 7.37. The van der Waals surface area contributed by atoms with Gasteiger partial charge in [-0.2, -0.15) is 0 Å². The van der Waals surface area contributed by atoms with Crippen LogP contribution in [-0.2, 0) is 11.2 Å². The number of thiocarbonyl (C=S) groups is 1. The normalized spacial score (nSPS) is 12.9. The van der Waals surface area contributed by atoms with E-state index in [1.807, 2.05) is 26.0 Å². The van der Waals surface area contributed by atoms with E-state index in [9.17, 15) is 4.79 Å². The van der Waals surface area contributed by atoms with Crippen LogP contribution in [0.4, 0.5) is 10.7 Å². The molecule has 0 atom stereocenters. The Hall–Kier alpha value is -1.92. The number of thiophene rings is 1. The fourth-order valence-corrected chi connectivity index (χ4v) is 4.18. The third kappa shape index (κ3) is 2.84. The minimum absolute atomic E-state index is 0.334. The Morgan fingerprint density at radius 2 is 2.09 bits per heavy atom. The Kier molecular flexibility index (Phi) is 4.37. The summed E-state index contributed by atoms with van der Waals surface area (Å²) in [4.78, 5) is 15.2. The van der Waals surface area contributed by atoms with Crippen molar-refractivity contribution in [2.75, 3.05) is 23.9 Å². The van der Waals surface area contributed by atoms with E-state index in [0.29, 0.717) is 10.7 Å². The van der Waals surface area contributed by atoms with Crippen molar-refractivity contribution in [3.63, 3.8) is 0 Å². The van der Waals surface area contributed by atoms with E-state index in [2.05, 4.69) is 22.3 Å². The van der Waals surface area contributed by atoms with E-state index in [-0.39, 0.29) is 5.97 Å². The van der Waals surface area contributed by atoms with Crippen LogP contribution in [-0.4, -0.2) is 24.7 Å². The fourth-order valence-electron chi connectivity index (χ4n) is 2.78. The lowest BCUT2D eigenvalue weighted by molar-refractivity contribution is 0.0601. The molecule has 3 rings (SSSR count). The lowest BCUT2D eigenvalue weighted by atomic mass is 10.1. The van der Waals surface area contributed by atoms with Gasteiger partial charge < -0.3 is 15.0 Å². The summed E-state index contributed by atoms with van der Waals surface area (Å²) in [6, 6.07) is 8.25. The van der Waals surface area contributed by atoms with E-state index in [1.54, 1.807) is 0 Å². The van der Waals surface area contributed by atoms with Crippen molar-refractivity contribution in [2.24, 2.45) is 0 Å². The zero-order valence-electron chi connectivity index (χ0n) is 13.3. The lowest BCUT2D eigenvalue weighted by Gasteiger charge is -2.21. The molecule has 0 fully saturated rings. The average molecular weight is 346 g/mol. The summed E-state index contributed by atoms with van der Waals surface area (Å²) in [5, 5.41) is 4.61. The molecule has 1 N–H and O–H groups in total. The van der Waals surface area contributed by atoms with E-state index in [1.165, 1.54) is 24.0 Å². The zero-order chi connectivity index (χ0) is 16.6. The monoisotopic (exact) mass is 346 g/mol. The second-order valence-corrected chi connectivity index (χ2v) is 7.05. The molecule has 4 nitrogen and oxygen atoms in total. The predicted octanol–water partition coefficient (Wildman–Crippen LogP) is 3.91. The third-order valence-corrected chi connectivity index (χ3v) is 5.57. The van der Waals surface area contributed by atoms with E-state index in [4.69, 9.17) is 17.0 Å². The molecule has 23 heavy (non-hydrogen) atoms. The summed E-state index contributed by atoms with van der Waals surface area (Å²) in [6.07, 6.45) is 0.977. The minimum Gasteiger partial charge on any atom is -0.465 e. The Balaban J connectivity index is 1.87. The number of nitrogens with one attached hydrogen (secondary N) is 1. The fraction of sp³-hybridized carbons (Fsp3) is 0.294. The molecule has 6 heteroatoms. The standard InChI is InChI=1S/C17H18N2O2S2/c1-10-11(2)23-15(14(10)16(20)21-3)18-17(22)19-9-8-12-6-4-5-7-13(12)19/h4-7H,8-9H2,1-3H3,(H,18,22). The summed E-state index contributed by atoms with van der Waals surface area (Å²) < 4.78 is 4.91. The molecule has 0 unspecified atom stereocenters. The van der Waals surface area contributed by atoms with Crippen molar-refractivity contribution in [3.8, 4) is 0 Å². The van der Waals surface area contributed by atoms with Gasteiger partial charge >= 0.3 is 5.97 Å². The maximum atomic E-state index is 12.1. The Morgan fingerprint density at radius 3 is 2.83 bits per heavy atom. The summed E-state index contributed by atoms with van der Waals surface area (Å²) in [6.45, 7) is 4.77. The third-order valence-electron chi connectivity index (χ3n) is 4.13. The van der Waals surface area contributed by atoms with Crippen molar-refractivity contribution in [2.45, 2.75) is 20.3 Å². The topological polar surface area (TPSA) is 41.6 Å². The molecule has 0 saturated carbocycles. The molecular weight excluding hydrogens is 328 g/mol. The number of methoxy groups -OCH3 is 1. The Labute approximate surface area is 145 Å². The van der Waals surface area contributed by atoms with Crippen LogP contribution in [0.5, 0.6) is 0 Å².